The zero-order valence-electron chi connectivity index (χ0n) is 13.4. The number of thiophene rings is 1. The lowest BCUT2D eigenvalue weighted by atomic mass is 9.99. The SMILES string of the molecule is CC(C)Cn1c(N2CCCC(C(=O)O)C2)nc2ccsc2c1=O. The van der Waals surface area contributed by atoms with Crippen LogP contribution in [0.4, 0.5) is 5.95 Å². The number of carboxylic acid groups (broad SMARTS) is 1. The van der Waals surface area contributed by atoms with E-state index in [-0.39, 0.29) is 5.56 Å². The van der Waals surface area contributed by atoms with E-state index in [2.05, 4.69) is 18.8 Å². The molecule has 0 spiro atoms. The summed E-state index contributed by atoms with van der Waals surface area (Å²) in [7, 11) is 0. The summed E-state index contributed by atoms with van der Waals surface area (Å²) < 4.78 is 2.38. The van der Waals surface area contributed by atoms with Gasteiger partial charge in [-0.3, -0.25) is 14.2 Å². The van der Waals surface area contributed by atoms with Gasteiger partial charge in [-0.15, -0.1) is 11.3 Å². The minimum Gasteiger partial charge on any atom is -0.481 e. The standard InChI is InChI=1S/C16H21N3O3S/c1-10(2)8-19-14(20)13-12(5-7-23-13)17-16(19)18-6-3-4-11(9-18)15(21)22/h5,7,10-11H,3-4,6,8-9H2,1-2H3,(H,21,22). The molecule has 1 unspecified atom stereocenters. The third-order valence-electron chi connectivity index (χ3n) is 4.15. The fourth-order valence-corrected chi connectivity index (χ4v) is 3.84. The third-order valence-corrected chi connectivity index (χ3v) is 5.04. The van der Waals surface area contributed by atoms with Crippen LogP contribution in [-0.4, -0.2) is 33.7 Å². The van der Waals surface area contributed by atoms with E-state index in [1.807, 2.05) is 16.3 Å². The summed E-state index contributed by atoms with van der Waals surface area (Å²) in [6.45, 7) is 5.86. The Hall–Kier alpha value is -1.89. The molecule has 1 aliphatic heterocycles. The first kappa shape index (κ1) is 16.0. The topological polar surface area (TPSA) is 75.4 Å². The molecular weight excluding hydrogens is 314 g/mol. The molecule has 1 aliphatic rings. The highest BCUT2D eigenvalue weighted by molar-refractivity contribution is 7.17. The first-order valence-electron chi connectivity index (χ1n) is 7.93. The molecule has 124 valence electrons. The maximum absolute atomic E-state index is 12.8. The van der Waals surface area contributed by atoms with Crippen LogP contribution in [-0.2, 0) is 11.3 Å². The molecule has 3 rings (SSSR count). The highest BCUT2D eigenvalue weighted by atomic mass is 32.1. The Kier molecular flexibility index (Phi) is 4.39. The largest absolute Gasteiger partial charge is 0.481 e. The molecule has 2 aromatic rings. The number of carboxylic acids is 1. The van der Waals surface area contributed by atoms with E-state index in [0.717, 1.165) is 13.0 Å². The number of aromatic nitrogens is 2. The molecule has 2 aromatic heterocycles. The molecule has 0 bridgehead atoms. The minimum atomic E-state index is -0.774. The molecule has 0 amide bonds. The van der Waals surface area contributed by atoms with E-state index in [0.29, 0.717) is 41.6 Å². The van der Waals surface area contributed by atoms with Crippen LogP contribution in [0.5, 0.6) is 0 Å². The second-order valence-corrected chi connectivity index (χ2v) is 7.40. The van der Waals surface area contributed by atoms with Crippen molar-refractivity contribution in [3.05, 3.63) is 21.8 Å². The van der Waals surface area contributed by atoms with E-state index < -0.39 is 11.9 Å². The fraction of sp³-hybridized carbons (Fsp3) is 0.562. The van der Waals surface area contributed by atoms with Crippen LogP contribution >= 0.6 is 11.3 Å². The summed E-state index contributed by atoms with van der Waals surface area (Å²) in [5.74, 6) is -0.248. The van der Waals surface area contributed by atoms with Crippen LogP contribution in [0.15, 0.2) is 16.2 Å². The highest BCUT2D eigenvalue weighted by Gasteiger charge is 2.28. The van der Waals surface area contributed by atoms with Crippen molar-refractivity contribution in [3.8, 4) is 0 Å². The Morgan fingerprint density at radius 3 is 3.00 bits per heavy atom. The number of anilines is 1. The van der Waals surface area contributed by atoms with Crippen LogP contribution in [0.25, 0.3) is 10.2 Å². The Labute approximate surface area is 138 Å². The van der Waals surface area contributed by atoms with Gasteiger partial charge in [0.2, 0.25) is 5.95 Å². The number of aliphatic carboxylic acids is 1. The normalized spacial score (nSPS) is 18.7. The molecule has 1 saturated heterocycles. The van der Waals surface area contributed by atoms with Crippen LogP contribution in [0.2, 0.25) is 0 Å². The van der Waals surface area contributed by atoms with Crippen molar-refractivity contribution in [1.29, 1.82) is 0 Å². The molecule has 23 heavy (non-hydrogen) atoms. The van der Waals surface area contributed by atoms with Gasteiger partial charge in [-0.1, -0.05) is 13.8 Å². The van der Waals surface area contributed by atoms with E-state index in [9.17, 15) is 14.7 Å². The summed E-state index contributed by atoms with van der Waals surface area (Å²) in [5, 5.41) is 11.2. The molecule has 6 nitrogen and oxygen atoms in total. The van der Waals surface area contributed by atoms with Gasteiger partial charge in [-0.25, -0.2) is 4.98 Å². The predicted molar refractivity (Wildman–Crippen MR) is 91.3 cm³/mol. The highest BCUT2D eigenvalue weighted by Crippen LogP contribution is 2.25. The Balaban J connectivity index is 2.07. The molecular formula is C16H21N3O3S. The van der Waals surface area contributed by atoms with Crippen LogP contribution in [0.1, 0.15) is 26.7 Å². The molecule has 7 heteroatoms. The van der Waals surface area contributed by atoms with Gasteiger partial charge < -0.3 is 10.0 Å². The van der Waals surface area contributed by atoms with Crippen molar-refractivity contribution in [3.63, 3.8) is 0 Å². The summed E-state index contributed by atoms with van der Waals surface area (Å²) >= 11 is 1.41. The van der Waals surface area contributed by atoms with Crippen LogP contribution < -0.4 is 10.5 Å². The number of hydrogen-bond acceptors (Lipinski definition) is 5. The van der Waals surface area contributed by atoms with Gasteiger partial charge in [0.15, 0.2) is 0 Å². The predicted octanol–water partition coefficient (Wildman–Crippen LogP) is 2.42. The maximum atomic E-state index is 12.8. The van der Waals surface area contributed by atoms with Gasteiger partial charge in [0, 0.05) is 19.6 Å². The van der Waals surface area contributed by atoms with Gasteiger partial charge in [-0.05, 0) is 30.2 Å². The monoisotopic (exact) mass is 335 g/mol. The summed E-state index contributed by atoms with van der Waals surface area (Å²) in [6.07, 6.45) is 1.48. The Morgan fingerprint density at radius 1 is 1.52 bits per heavy atom. The zero-order chi connectivity index (χ0) is 16.6. The zero-order valence-corrected chi connectivity index (χ0v) is 14.2. The second-order valence-electron chi connectivity index (χ2n) is 6.48. The first-order chi connectivity index (χ1) is 11.0. The lowest BCUT2D eigenvalue weighted by Crippen LogP contribution is -2.42. The van der Waals surface area contributed by atoms with Crippen molar-refractivity contribution in [2.45, 2.75) is 33.2 Å². The molecule has 1 fully saturated rings. The minimum absolute atomic E-state index is 0.0221. The molecule has 0 aliphatic carbocycles. The summed E-state index contributed by atoms with van der Waals surface area (Å²) in [6, 6.07) is 1.85. The number of fused-ring (bicyclic) bond motifs is 1. The van der Waals surface area contributed by atoms with Gasteiger partial charge in [0.05, 0.1) is 11.4 Å². The lowest BCUT2D eigenvalue weighted by molar-refractivity contribution is -0.141. The average Bonchev–Trinajstić information content (AvgIpc) is 2.98. The molecule has 1 N–H and O–H groups in total. The third kappa shape index (κ3) is 3.10. The Morgan fingerprint density at radius 2 is 2.30 bits per heavy atom. The van der Waals surface area contributed by atoms with Gasteiger partial charge in [-0.2, -0.15) is 0 Å². The summed E-state index contributed by atoms with van der Waals surface area (Å²) in [4.78, 5) is 30.7. The first-order valence-corrected chi connectivity index (χ1v) is 8.81. The van der Waals surface area contributed by atoms with Crippen LogP contribution in [0.3, 0.4) is 0 Å². The quantitative estimate of drug-likeness (QED) is 0.928. The molecule has 3 heterocycles. The van der Waals surface area contributed by atoms with Crippen LogP contribution in [0, 0.1) is 11.8 Å². The molecule has 0 saturated carbocycles. The maximum Gasteiger partial charge on any atom is 0.308 e. The molecule has 1 atom stereocenters. The van der Waals surface area contributed by atoms with Crippen molar-refractivity contribution in [2.75, 3.05) is 18.0 Å². The number of piperidine rings is 1. The number of nitrogens with zero attached hydrogens (tertiary/aromatic N) is 3. The van der Waals surface area contributed by atoms with E-state index in [1.54, 1.807) is 4.57 Å². The fourth-order valence-electron chi connectivity index (χ4n) is 3.06. The van der Waals surface area contributed by atoms with Crippen molar-refractivity contribution >= 4 is 33.5 Å². The summed E-state index contributed by atoms with van der Waals surface area (Å²) in [5.41, 5.74) is 0.679. The molecule has 0 radical (unpaired) electrons. The Bertz CT molecular complexity index is 780. The smallest absolute Gasteiger partial charge is 0.308 e. The van der Waals surface area contributed by atoms with Gasteiger partial charge >= 0.3 is 5.97 Å². The van der Waals surface area contributed by atoms with E-state index in [1.165, 1.54) is 11.3 Å². The van der Waals surface area contributed by atoms with E-state index >= 15 is 0 Å². The number of carbonyl (C=O) groups is 1. The lowest BCUT2D eigenvalue weighted by Gasteiger charge is -2.33. The van der Waals surface area contributed by atoms with Crippen molar-refractivity contribution < 1.29 is 9.90 Å². The van der Waals surface area contributed by atoms with E-state index in [4.69, 9.17) is 0 Å². The van der Waals surface area contributed by atoms with Gasteiger partial charge in [0.25, 0.3) is 5.56 Å². The number of hydrogen-bond donors (Lipinski definition) is 1. The van der Waals surface area contributed by atoms with Crippen molar-refractivity contribution in [1.82, 2.24) is 9.55 Å². The molecule has 0 aromatic carbocycles. The van der Waals surface area contributed by atoms with Crippen molar-refractivity contribution in [2.24, 2.45) is 11.8 Å². The second kappa shape index (κ2) is 6.31. The number of rotatable bonds is 4. The van der Waals surface area contributed by atoms with Gasteiger partial charge in [0.1, 0.15) is 4.70 Å². The average molecular weight is 335 g/mol.